The van der Waals surface area contributed by atoms with Gasteiger partial charge in [-0.1, -0.05) is 17.7 Å². The van der Waals surface area contributed by atoms with Gasteiger partial charge in [-0.25, -0.2) is 14.4 Å². The highest BCUT2D eigenvalue weighted by Gasteiger charge is 2.17. The summed E-state index contributed by atoms with van der Waals surface area (Å²) in [7, 11) is 0. The molecule has 0 atom stereocenters. The maximum Gasteiger partial charge on any atom is 0.429 e. The molecular formula is C17H14ClN3O5. The van der Waals surface area contributed by atoms with E-state index in [1.165, 1.54) is 18.2 Å². The number of hydrogen-bond acceptors (Lipinski definition) is 5. The van der Waals surface area contributed by atoms with E-state index >= 15 is 0 Å². The van der Waals surface area contributed by atoms with Gasteiger partial charge in [0.15, 0.2) is 5.58 Å². The molecule has 0 unspecified atom stereocenters. The molecule has 3 aromatic rings. The van der Waals surface area contributed by atoms with Gasteiger partial charge < -0.3 is 19.8 Å². The lowest BCUT2D eigenvalue weighted by atomic mass is 10.3. The highest BCUT2D eigenvalue weighted by atomic mass is 35.5. The molecule has 134 valence electrons. The van der Waals surface area contributed by atoms with Crippen molar-refractivity contribution in [3.63, 3.8) is 0 Å². The summed E-state index contributed by atoms with van der Waals surface area (Å²) in [6.45, 7) is 1.76. The Balaban J connectivity index is 1.80. The van der Waals surface area contributed by atoms with Crippen LogP contribution in [0.15, 0.2) is 51.7 Å². The molecule has 0 bridgehead atoms. The number of ether oxygens (including phenoxy) is 1. The SMILES string of the molecule is CCOC(=O)n1c(=O)oc2cc(NC(=O)Nc3cccc(Cl)c3)ccc21. The van der Waals surface area contributed by atoms with Gasteiger partial charge in [-0.15, -0.1) is 0 Å². The van der Waals surface area contributed by atoms with Gasteiger partial charge in [0.1, 0.15) is 5.52 Å². The van der Waals surface area contributed by atoms with E-state index in [0.29, 0.717) is 16.4 Å². The number of nitrogens with zero attached hydrogens (tertiary/aromatic N) is 1. The first-order valence-corrected chi connectivity index (χ1v) is 8.02. The minimum Gasteiger partial charge on any atom is -0.449 e. The Labute approximate surface area is 152 Å². The van der Waals surface area contributed by atoms with Gasteiger partial charge in [-0.3, -0.25) is 0 Å². The van der Waals surface area contributed by atoms with Crippen molar-refractivity contribution in [2.24, 2.45) is 0 Å². The first-order valence-electron chi connectivity index (χ1n) is 7.64. The number of aromatic nitrogens is 1. The summed E-state index contributed by atoms with van der Waals surface area (Å²) in [5.74, 6) is -0.862. The van der Waals surface area contributed by atoms with Crippen LogP contribution < -0.4 is 16.4 Å². The van der Waals surface area contributed by atoms with Gasteiger partial charge >= 0.3 is 17.9 Å². The molecule has 0 aliphatic rings. The second-order valence-corrected chi connectivity index (χ2v) is 5.61. The van der Waals surface area contributed by atoms with Crippen molar-refractivity contribution in [3.05, 3.63) is 58.0 Å². The first kappa shape index (κ1) is 17.6. The lowest BCUT2D eigenvalue weighted by Crippen LogP contribution is -2.23. The van der Waals surface area contributed by atoms with E-state index in [9.17, 15) is 14.4 Å². The molecule has 8 nitrogen and oxygen atoms in total. The number of fused-ring (bicyclic) bond motifs is 1. The standard InChI is InChI=1S/C17H14ClN3O5/c1-2-25-16(23)21-13-7-6-12(9-14(13)26-17(21)24)20-15(22)19-11-5-3-4-10(18)8-11/h3-9H,2H2,1H3,(H2,19,20,22). The lowest BCUT2D eigenvalue weighted by molar-refractivity contribution is 0.153. The van der Waals surface area contributed by atoms with Gasteiger partial charge in [0, 0.05) is 22.5 Å². The van der Waals surface area contributed by atoms with Crippen molar-refractivity contribution in [2.45, 2.75) is 6.92 Å². The fourth-order valence-electron chi connectivity index (χ4n) is 2.32. The van der Waals surface area contributed by atoms with E-state index in [1.54, 1.807) is 31.2 Å². The maximum atomic E-state index is 12.1. The second kappa shape index (κ2) is 7.32. The Kier molecular flexibility index (Phi) is 4.94. The summed E-state index contributed by atoms with van der Waals surface area (Å²) < 4.78 is 10.6. The maximum absolute atomic E-state index is 12.1. The van der Waals surface area contributed by atoms with Crippen molar-refractivity contribution < 1.29 is 18.7 Å². The molecule has 2 amide bonds. The molecule has 3 rings (SSSR count). The number of carbonyl (C=O) groups excluding carboxylic acids is 2. The number of carbonyl (C=O) groups is 2. The number of rotatable bonds is 3. The van der Waals surface area contributed by atoms with Crippen molar-refractivity contribution in [1.29, 1.82) is 0 Å². The Hall–Kier alpha value is -3.26. The van der Waals surface area contributed by atoms with Gasteiger partial charge in [-0.05, 0) is 37.3 Å². The average molecular weight is 376 g/mol. The van der Waals surface area contributed by atoms with Crippen molar-refractivity contribution in [3.8, 4) is 0 Å². The predicted octanol–water partition coefficient (Wildman–Crippen LogP) is 3.90. The molecule has 0 aliphatic heterocycles. The summed E-state index contributed by atoms with van der Waals surface area (Å²) in [6, 6.07) is 10.6. The fraction of sp³-hybridized carbons (Fsp3) is 0.118. The molecule has 1 aromatic heterocycles. The molecule has 2 aromatic carbocycles. The monoisotopic (exact) mass is 375 g/mol. The topological polar surface area (TPSA) is 103 Å². The zero-order chi connectivity index (χ0) is 18.7. The zero-order valence-electron chi connectivity index (χ0n) is 13.6. The second-order valence-electron chi connectivity index (χ2n) is 5.17. The largest absolute Gasteiger partial charge is 0.449 e. The summed E-state index contributed by atoms with van der Waals surface area (Å²) >= 11 is 5.87. The van der Waals surface area contributed by atoms with Crippen molar-refractivity contribution in [1.82, 2.24) is 4.57 Å². The minimum atomic E-state index is -0.862. The third kappa shape index (κ3) is 3.70. The van der Waals surface area contributed by atoms with E-state index in [1.807, 2.05) is 0 Å². The number of amides is 2. The predicted molar refractivity (Wildman–Crippen MR) is 97.0 cm³/mol. The number of urea groups is 1. The molecule has 0 radical (unpaired) electrons. The van der Waals surface area contributed by atoms with Crippen molar-refractivity contribution >= 4 is 46.2 Å². The zero-order valence-corrected chi connectivity index (χ0v) is 14.4. The molecule has 2 N–H and O–H groups in total. The summed E-state index contributed by atoms with van der Waals surface area (Å²) in [4.78, 5) is 35.7. The molecule has 0 spiro atoms. The van der Waals surface area contributed by atoms with Crippen LogP contribution in [0.3, 0.4) is 0 Å². The third-order valence-corrected chi connectivity index (χ3v) is 3.61. The van der Waals surface area contributed by atoms with E-state index in [0.717, 1.165) is 4.57 Å². The number of anilines is 2. The van der Waals surface area contributed by atoms with Crippen molar-refractivity contribution in [2.75, 3.05) is 17.2 Å². The highest BCUT2D eigenvalue weighted by Crippen LogP contribution is 2.20. The first-order chi connectivity index (χ1) is 12.5. The quantitative estimate of drug-likeness (QED) is 0.722. The summed E-state index contributed by atoms with van der Waals surface area (Å²) in [5, 5.41) is 5.72. The van der Waals surface area contributed by atoms with E-state index in [4.69, 9.17) is 20.8 Å². The normalized spacial score (nSPS) is 10.5. The molecule has 26 heavy (non-hydrogen) atoms. The average Bonchev–Trinajstić information content (AvgIpc) is 2.90. The molecule has 0 fully saturated rings. The fourth-order valence-corrected chi connectivity index (χ4v) is 2.51. The molecule has 1 heterocycles. The molecule has 0 saturated carbocycles. The van der Waals surface area contributed by atoms with Gasteiger partial charge in [0.2, 0.25) is 0 Å². The minimum absolute atomic E-state index is 0.126. The smallest absolute Gasteiger partial charge is 0.429 e. The summed E-state index contributed by atoms with van der Waals surface area (Å²) in [6.07, 6.45) is -0.823. The van der Waals surface area contributed by atoms with Crippen LogP contribution in [-0.4, -0.2) is 23.3 Å². The van der Waals surface area contributed by atoms with E-state index < -0.39 is 17.9 Å². The van der Waals surface area contributed by atoms with Gasteiger partial charge in [0.25, 0.3) is 0 Å². The highest BCUT2D eigenvalue weighted by molar-refractivity contribution is 6.30. The van der Waals surface area contributed by atoms with Crippen LogP contribution in [-0.2, 0) is 4.74 Å². The molecule has 9 heteroatoms. The van der Waals surface area contributed by atoms with Crippen LogP contribution in [0.2, 0.25) is 5.02 Å². The Morgan fingerprint density at radius 1 is 1.15 bits per heavy atom. The van der Waals surface area contributed by atoms with Crippen LogP contribution in [0.25, 0.3) is 11.1 Å². The Morgan fingerprint density at radius 2 is 1.88 bits per heavy atom. The van der Waals surface area contributed by atoms with E-state index in [-0.39, 0.29) is 17.7 Å². The number of nitrogens with one attached hydrogen (secondary N) is 2. The molecule has 0 aliphatic carbocycles. The Bertz CT molecular complexity index is 1040. The number of oxazole rings is 1. The van der Waals surface area contributed by atoms with Crippen LogP contribution in [0.5, 0.6) is 0 Å². The lowest BCUT2D eigenvalue weighted by Gasteiger charge is -2.08. The van der Waals surface area contributed by atoms with Crippen LogP contribution in [0, 0.1) is 0 Å². The van der Waals surface area contributed by atoms with Crippen LogP contribution in [0.1, 0.15) is 6.92 Å². The van der Waals surface area contributed by atoms with Crippen LogP contribution >= 0.6 is 11.6 Å². The van der Waals surface area contributed by atoms with Gasteiger partial charge in [0.05, 0.1) is 6.61 Å². The third-order valence-electron chi connectivity index (χ3n) is 3.37. The number of benzene rings is 2. The number of hydrogen-bond donors (Lipinski definition) is 2. The van der Waals surface area contributed by atoms with Gasteiger partial charge in [-0.2, -0.15) is 4.57 Å². The molecular weight excluding hydrogens is 362 g/mol. The summed E-state index contributed by atoms with van der Waals surface area (Å²) in [5.41, 5.74) is 1.29. The van der Waals surface area contributed by atoms with E-state index in [2.05, 4.69) is 10.6 Å². The van der Waals surface area contributed by atoms with Crippen LogP contribution in [0.4, 0.5) is 21.0 Å². The number of halogens is 1. The Morgan fingerprint density at radius 3 is 2.58 bits per heavy atom. The molecule has 0 saturated heterocycles.